The van der Waals surface area contributed by atoms with Gasteiger partial charge in [0.05, 0.1) is 25.6 Å². The van der Waals surface area contributed by atoms with E-state index in [0.29, 0.717) is 5.69 Å². The summed E-state index contributed by atoms with van der Waals surface area (Å²) in [6, 6.07) is 4.97. The summed E-state index contributed by atoms with van der Waals surface area (Å²) in [4.78, 5) is 34.8. The zero-order valence-electron chi connectivity index (χ0n) is 14.6. The van der Waals surface area contributed by atoms with Crippen LogP contribution >= 0.6 is 0 Å². The Morgan fingerprint density at radius 1 is 1.08 bits per heavy atom. The average Bonchev–Trinajstić information content (AvgIpc) is 2.45. The Kier molecular flexibility index (Phi) is 6.76. The van der Waals surface area contributed by atoms with Crippen molar-refractivity contribution in [2.75, 3.05) is 12.4 Å². The SMILES string of the molecule is COC(=O)CCC(=O)Oc1ccc(C)cc1NC(=O)OC(C)(C)C. The molecule has 0 spiro atoms. The van der Waals surface area contributed by atoms with E-state index >= 15 is 0 Å². The molecule has 0 unspecified atom stereocenters. The van der Waals surface area contributed by atoms with Crippen LogP contribution in [0.15, 0.2) is 18.2 Å². The van der Waals surface area contributed by atoms with E-state index in [-0.39, 0.29) is 18.6 Å². The van der Waals surface area contributed by atoms with Crippen LogP contribution in [0.5, 0.6) is 5.75 Å². The van der Waals surface area contributed by atoms with Gasteiger partial charge in [0.15, 0.2) is 5.75 Å². The second-order valence-corrected chi connectivity index (χ2v) is 6.18. The quantitative estimate of drug-likeness (QED) is 0.655. The van der Waals surface area contributed by atoms with E-state index in [4.69, 9.17) is 9.47 Å². The van der Waals surface area contributed by atoms with E-state index in [1.807, 2.05) is 6.92 Å². The predicted octanol–water partition coefficient (Wildman–Crippen LogP) is 3.20. The smallest absolute Gasteiger partial charge is 0.412 e. The Morgan fingerprint density at radius 2 is 1.71 bits per heavy atom. The number of nitrogens with one attached hydrogen (secondary N) is 1. The van der Waals surface area contributed by atoms with Crippen molar-refractivity contribution in [2.24, 2.45) is 0 Å². The van der Waals surface area contributed by atoms with Gasteiger partial charge in [0.1, 0.15) is 5.60 Å². The molecule has 1 aromatic rings. The van der Waals surface area contributed by atoms with Gasteiger partial charge in [0.2, 0.25) is 0 Å². The summed E-state index contributed by atoms with van der Waals surface area (Å²) in [5.74, 6) is -0.916. The first-order chi connectivity index (χ1) is 11.1. The number of rotatable bonds is 5. The van der Waals surface area contributed by atoms with Crippen molar-refractivity contribution in [2.45, 2.75) is 46.1 Å². The van der Waals surface area contributed by atoms with E-state index in [9.17, 15) is 14.4 Å². The highest BCUT2D eigenvalue weighted by Gasteiger charge is 2.18. The van der Waals surface area contributed by atoms with Crippen LogP contribution in [0.2, 0.25) is 0 Å². The van der Waals surface area contributed by atoms with Gasteiger partial charge in [-0.3, -0.25) is 14.9 Å². The van der Waals surface area contributed by atoms with Crippen LogP contribution in [0, 0.1) is 6.92 Å². The number of carbonyl (C=O) groups is 3. The van der Waals surface area contributed by atoms with Crippen molar-refractivity contribution >= 4 is 23.7 Å². The topological polar surface area (TPSA) is 90.9 Å². The van der Waals surface area contributed by atoms with Gasteiger partial charge < -0.3 is 14.2 Å². The third kappa shape index (κ3) is 7.13. The summed E-state index contributed by atoms with van der Waals surface area (Å²) in [6.07, 6.45) is -0.845. The fraction of sp³-hybridized carbons (Fsp3) is 0.471. The van der Waals surface area contributed by atoms with Gasteiger partial charge in [-0.15, -0.1) is 0 Å². The first-order valence-corrected chi connectivity index (χ1v) is 7.49. The van der Waals surface area contributed by atoms with Crippen molar-refractivity contribution in [3.05, 3.63) is 23.8 Å². The predicted molar refractivity (Wildman–Crippen MR) is 87.9 cm³/mol. The van der Waals surface area contributed by atoms with E-state index in [1.165, 1.54) is 7.11 Å². The Morgan fingerprint density at radius 3 is 2.29 bits per heavy atom. The molecule has 7 heteroatoms. The van der Waals surface area contributed by atoms with Gasteiger partial charge in [0.25, 0.3) is 0 Å². The number of ether oxygens (including phenoxy) is 3. The molecule has 0 heterocycles. The van der Waals surface area contributed by atoms with Gasteiger partial charge in [-0.1, -0.05) is 6.07 Å². The largest absolute Gasteiger partial charge is 0.469 e. The minimum Gasteiger partial charge on any atom is -0.469 e. The molecule has 0 fully saturated rings. The molecule has 0 aromatic heterocycles. The standard InChI is InChI=1S/C17H23NO6/c1-11-6-7-13(23-15(20)9-8-14(19)22-5)12(10-11)18-16(21)24-17(2,3)4/h6-7,10H,8-9H2,1-5H3,(H,18,21). The lowest BCUT2D eigenvalue weighted by Crippen LogP contribution is -2.27. The fourth-order valence-corrected chi connectivity index (χ4v) is 1.72. The summed E-state index contributed by atoms with van der Waals surface area (Å²) < 4.78 is 14.9. The molecule has 0 aliphatic carbocycles. The van der Waals surface area contributed by atoms with Gasteiger partial charge in [-0.2, -0.15) is 0 Å². The lowest BCUT2D eigenvalue weighted by molar-refractivity contribution is -0.144. The Balaban J connectivity index is 2.79. The third-order valence-corrected chi connectivity index (χ3v) is 2.76. The van der Waals surface area contributed by atoms with Crippen LogP contribution in [0.1, 0.15) is 39.2 Å². The molecule has 132 valence electrons. The van der Waals surface area contributed by atoms with Crippen LogP contribution in [0.3, 0.4) is 0 Å². The zero-order valence-corrected chi connectivity index (χ0v) is 14.6. The molecular formula is C17H23NO6. The van der Waals surface area contributed by atoms with Gasteiger partial charge in [-0.05, 0) is 45.4 Å². The maximum Gasteiger partial charge on any atom is 0.412 e. The molecule has 7 nitrogen and oxygen atoms in total. The van der Waals surface area contributed by atoms with Crippen LogP contribution in [-0.2, 0) is 19.1 Å². The number of methoxy groups -OCH3 is 1. The van der Waals surface area contributed by atoms with Crippen molar-refractivity contribution < 1.29 is 28.6 Å². The highest BCUT2D eigenvalue weighted by Crippen LogP contribution is 2.27. The summed E-state index contributed by atoms with van der Waals surface area (Å²) in [7, 11) is 1.25. The van der Waals surface area contributed by atoms with Gasteiger partial charge in [-0.25, -0.2) is 4.79 Å². The average molecular weight is 337 g/mol. The lowest BCUT2D eigenvalue weighted by atomic mass is 10.2. The molecule has 24 heavy (non-hydrogen) atoms. The molecule has 0 atom stereocenters. The van der Waals surface area contributed by atoms with Crippen LogP contribution in [0.4, 0.5) is 10.5 Å². The van der Waals surface area contributed by atoms with Crippen molar-refractivity contribution in [3.63, 3.8) is 0 Å². The molecule has 0 saturated carbocycles. The Hall–Kier alpha value is -2.57. The van der Waals surface area contributed by atoms with Crippen molar-refractivity contribution in [1.29, 1.82) is 0 Å². The molecule has 0 bridgehead atoms. The number of esters is 2. The number of amides is 1. The maximum absolute atomic E-state index is 11.9. The van der Waals surface area contributed by atoms with Crippen LogP contribution in [0.25, 0.3) is 0 Å². The van der Waals surface area contributed by atoms with Crippen molar-refractivity contribution in [1.82, 2.24) is 0 Å². The summed E-state index contributed by atoms with van der Waals surface area (Å²) in [5.41, 5.74) is 0.539. The van der Waals surface area contributed by atoms with E-state index in [2.05, 4.69) is 10.1 Å². The molecule has 0 aliphatic rings. The van der Waals surface area contributed by atoms with E-state index in [0.717, 1.165) is 5.56 Å². The number of aryl methyl sites for hydroxylation is 1. The van der Waals surface area contributed by atoms with E-state index < -0.39 is 23.6 Å². The fourth-order valence-electron chi connectivity index (χ4n) is 1.72. The first-order valence-electron chi connectivity index (χ1n) is 7.49. The summed E-state index contributed by atoms with van der Waals surface area (Å²) in [5, 5.41) is 2.56. The number of carbonyl (C=O) groups excluding carboxylic acids is 3. The molecule has 0 radical (unpaired) electrons. The molecule has 1 aromatic carbocycles. The molecular weight excluding hydrogens is 314 g/mol. The molecule has 0 saturated heterocycles. The second-order valence-electron chi connectivity index (χ2n) is 6.18. The molecule has 1 rings (SSSR count). The second kappa shape index (κ2) is 8.33. The number of benzene rings is 1. The van der Waals surface area contributed by atoms with Crippen LogP contribution in [-0.4, -0.2) is 30.7 Å². The highest BCUT2D eigenvalue weighted by atomic mass is 16.6. The maximum atomic E-state index is 11.9. The number of anilines is 1. The van der Waals surface area contributed by atoms with Crippen molar-refractivity contribution in [3.8, 4) is 5.75 Å². The molecule has 0 aliphatic heterocycles. The normalized spacial score (nSPS) is 10.7. The zero-order chi connectivity index (χ0) is 18.3. The van der Waals surface area contributed by atoms with E-state index in [1.54, 1.807) is 39.0 Å². The minimum atomic E-state index is -0.653. The van der Waals surface area contributed by atoms with Gasteiger partial charge >= 0.3 is 18.0 Å². The Bertz CT molecular complexity index is 618. The number of hydrogen-bond acceptors (Lipinski definition) is 6. The lowest BCUT2D eigenvalue weighted by Gasteiger charge is -2.20. The van der Waals surface area contributed by atoms with Crippen LogP contribution < -0.4 is 10.1 Å². The first kappa shape index (κ1) is 19.5. The molecule has 1 N–H and O–H groups in total. The minimum absolute atomic E-state index is 0.0734. The highest BCUT2D eigenvalue weighted by molar-refractivity contribution is 5.88. The summed E-state index contributed by atoms with van der Waals surface area (Å²) >= 11 is 0. The van der Waals surface area contributed by atoms with Gasteiger partial charge in [0, 0.05) is 0 Å². The third-order valence-electron chi connectivity index (χ3n) is 2.76. The monoisotopic (exact) mass is 337 g/mol. The molecule has 1 amide bonds. The summed E-state index contributed by atoms with van der Waals surface area (Å²) in [6.45, 7) is 7.08. The Labute approximate surface area is 141 Å². The number of hydrogen-bond donors (Lipinski definition) is 1.